The van der Waals surface area contributed by atoms with Crippen LogP contribution < -0.4 is 5.46 Å². The van der Waals surface area contributed by atoms with E-state index in [1.54, 1.807) is 24.3 Å². The van der Waals surface area contributed by atoms with Gasteiger partial charge in [-0.3, -0.25) is 0 Å². The Morgan fingerprint density at radius 3 is 2.75 bits per heavy atom. The van der Waals surface area contributed by atoms with Gasteiger partial charge in [0.2, 0.25) is 0 Å². The van der Waals surface area contributed by atoms with Crippen LogP contribution in [0.2, 0.25) is 0 Å². The monoisotopic (exact) mass is 164 g/mol. The van der Waals surface area contributed by atoms with Gasteiger partial charge in [0.05, 0.1) is 12.7 Å². The maximum absolute atomic E-state index is 11.1. The van der Waals surface area contributed by atoms with Gasteiger partial charge in [0, 0.05) is 0 Å². The Hall–Kier alpha value is -1.29. The van der Waals surface area contributed by atoms with Crippen molar-refractivity contribution in [3.63, 3.8) is 0 Å². The number of benzene rings is 1. The molecule has 0 aliphatic carbocycles. The summed E-state index contributed by atoms with van der Waals surface area (Å²) < 4.78 is 4.53. The zero-order valence-electron chi connectivity index (χ0n) is 6.78. The molecule has 1 N–H and O–H groups in total. The smallest absolute Gasteiger partial charge is 0.337 e. The Balaban J connectivity index is 3.04. The molecule has 0 atom stereocenters. The third-order valence-corrected chi connectivity index (χ3v) is 1.59. The van der Waals surface area contributed by atoms with Crippen LogP contribution in [0.4, 0.5) is 0 Å². The Morgan fingerprint density at radius 2 is 2.17 bits per heavy atom. The van der Waals surface area contributed by atoms with Crippen molar-refractivity contribution in [3.05, 3.63) is 29.8 Å². The van der Waals surface area contributed by atoms with Crippen LogP contribution in [0.1, 0.15) is 10.4 Å². The summed E-state index contributed by atoms with van der Waals surface area (Å²) in [4.78, 5) is 11.1. The third-order valence-electron chi connectivity index (χ3n) is 1.59. The number of esters is 1. The molecule has 0 amide bonds. The maximum Gasteiger partial charge on any atom is 0.337 e. The molecule has 1 aromatic rings. The number of carbonyl (C=O) groups excluding carboxylic acids is 1. The Morgan fingerprint density at radius 1 is 1.50 bits per heavy atom. The van der Waals surface area contributed by atoms with Crippen molar-refractivity contribution in [2.24, 2.45) is 0 Å². The minimum atomic E-state index is -0.417. The van der Waals surface area contributed by atoms with E-state index in [2.05, 4.69) is 4.74 Å². The van der Waals surface area contributed by atoms with Gasteiger partial charge in [0.1, 0.15) is 0 Å². The fourth-order valence-corrected chi connectivity index (χ4v) is 0.967. The number of carbonyl (C=O) groups is 1. The molecule has 62 valence electrons. The van der Waals surface area contributed by atoms with E-state index in [1.807, 2.05) is 0 Å². The first-order valence-electron chi connectivity index (χ1n) is 3.56. The fourth-order valence-electron chi connectivity index (χ4n) is 0.967. The minimum absolute atomic E-state index is 0.148. The largest absolute Gasteiger partial charge is 0.465 e. The maximum atomic E-state index is 11.1. The highest BCUT2D eigenvalue weighted by Crippen LogP contribution is 1.96. The number of ether oxygens (including phenoxy) is 1. The Labute approximate surface area is 71.3 Å². The number of methoxy groups -OCH3 is 1. The summed E-state index contributed by atoms with van der Waals surface area (Å²) in [7, 11) is 1.17. The van der Waals surface area contributed by atoms with Crippen LogP contribution in [0.5, 0.6) is 0 Å². The molecule has 3 nitrogen and oxygen atoms in total. The van der Waals surface area contributed by atoms with E-state index in [-0.39, 0.29) is 7.48 Å². The molecule has 0 bridgehead atoms. The van der Waals surface area contributed by atoms with E-state index in [0.717, 1.165) is 0 Å². The molecule has 0 aliphatic heterocycles. The summed E-state index contributed by atoms with van der Waals surface area (Å²) in [5.41, 5.74) is 1.01. The van der Waals surface area contributed by atoms with Crippen LogP contribution in [0.15, 0.2) is 24.3 Å². The lowest BCUT2D eigenvalue weighted by atomic mass is 9.84. The van der Waals surface area contributed by atoms with Crippen LogP contribution in [0.3, 0.4) is 0 Å². The lowest BCUT2D eigenvalue weighted by molar-refractivity contribution is 0.0602. The van der Waals surface area contributed by atoms with Crippen LogP contribution in [0.25, 0.3) is 0 Å². The zero-order valence-corrected chi connectivity index (χ0v) is 6.78. The van der Waals surface area contributed by atoms with Gasteiger partial charge in [-0.05, 0) is 11.5 Å². The molecule has 0 saturated carbocycles. The predicted octanol–water partition coefficient (Wildman–Crippen LogP) is -0.558. The van der Waals surface area contributed by atoms with Crippen LogP contribution in [-0.2, 0) is 4.74 Å². The molecule has 0 unspecified atom stereocenters. The van der Waals surface area contributed by atoms with Gasteiger partial charge in [-0.2, -0.15) is 0 Å². The van der Waals surface area contributed by atoms with Crippen molar-refractivity contribution in [2.75, 3.05) is 7.11 Å². The molecular formula is C8H9BO3. The summed E-state index contributed by atoms with van der Waals surface area (Å²) >= 11 is 0. The quantitative estimate of drug-likeness (QED) is 0.470. The first kappa shape index (κ1) is 8.81. The van der Waals surface area contributed by atoms with Crippen molar-refractivity contribution < 1.29 is 14.6 Å². The molecule has 0 aliphatic rings. The lowest BCUT2D eigenvalue weighted by Crippen LogP contribution is -2.22. The van der Waals surface area contributed by atoms with Crippen molar-refractivity contribution in [1.29, 1.82) is 0 Å². The summed E-state index contributed by atoms with van der Waals surface area (Å²) in [6.45, 7) is 0. The van der Waals surface area contributed by atoms with Crippen molar-refractivity contribution in [3.8, 4) is 0 Å². The minimum Gasteiger partial charge on any atom is -0.465 e. The highest BCUT2D eigenvalue weighted by atomic mass is 16.5. The third kappa shape index (κ3) is 1.65. The SMILES string of the molecule is COC(=O)c1ccccc1BO. The van der Waals surface area contributed by atoms with Gasteiger partial charge >= 0.3 is 13.5 Å². The fraction of sp³-hybridized carbons (Fsp3) is 0.125. The van der Waals surface area contributed by atoms with Crippen LogP contribution in [-0.4, -0.2) is 25.6 Å². The lowest BCUT2D eigenvalue weighted by Gasteiger charge is -2.02. The van der Waals surface area contributed by atoms with Gasteiger partial charge in [0.25, 0.3) is 0 Å². The molecule has 1 aromatic carbocycles. The number of rotatable bonds is 2. The van der Waals surface area contributed by atoms with Gasteiger partial charge in [0.15, 0.2) is 0 Å². The molecule has 0 saturated heterocycles. The average Bonchev–Trinajstić information content (AvgIpc) is 2.16. The summed E-state index contributed by atoms with van der Waals surface area (Å²) in [6, 6.07) is 6.80. The predicted molar refractivity (Wildman–Crippen MR) is 46.8 cm³/mol. The van der Waals surface area contributed by atoms with Crippen LogP contribution in [0, 0.1) is 0 Å². The molecule has 0 heterocycles. The number of hydrogen-bond acceptors (Lipinski definition) is 3. The molecule has 4 heteroatoms. The second-order valence-electron chi connectivity index (χ2n) is 2.31. The van der Waals surface area contributed by atoms with Gasteiger partial charge in [-0.1, -0.05) is 18.2 Å². The van der Waals surface area contributed by atoms with E-state index in [9.17, 15) is 4.79 Å². The molecular weight excluding hydrogens is 155 g/mol. The summed E-state index contributed by atoms with van der Waals surface area (Å²) in [5.74, 6) is -0.417. The van der Waals surface area contributed by atoms with E-state index < -0.39 is 5.97 Å². The van der Waals surface area contributed by atoms with Gasteiger partial charge in [-0.15, -0.1) is 0 Å². The second-order valence-corrected chi connectivity index (χ2v) is 2.31. The summed E-state index contributed by atoms with van der Waals surface area (Å²) in [5, 5.41) is 8.86. The molecule has 0 aromatic heterocycles. The van der Waals surface area contributed by atoms with Crippen molar-refractivity contribution >= 4 is 18.9 Å². The highest BCUT2D eigenvalue weighted by molar-refractivity contribution is 6.47. The second kappa shape index (κ2) is 3.92. The Kier molecular flexibility index (Phi) is 2.88. The molecule has 0 radical (unpaired) electrons. The number of hydrogen-bond donors (Lipinski definition) is 1. The van der Waals surface area contributed by atoms with Gasteiger partial charge < -0.3 is 9.76 Å². The van der Waals surface area contributed by atoms with Gasteiger partial charge in [-0.25, -0.2) is 4.79 Å². The van der Waals surface area contributed by atoms with E-state index in [1.165, 1.54) is 7.11 Å². The van der Waals surface area contributed by atoms with E-state index in [0.29, 0.717) is 11.0 Å². The van der Waals surface area contributed by atoms with Crippen molar-refractivity contribution in [1.82, 2.24) is 0 Å². The summed E-state index contributed by atoms with van der Waals surface area (Å²) in [6.07, 6.45) is 0. The van der Waals surface area contributed by atoms with Crippen molar-refractivity contribution in [2.45, 2.75) is 0 Å². The Bertz CT molecular complexity index is 285. The highest BCUT2D eigenvalue weighted by Gasteiger charge is 2.09. The zero-order chi connectivity index (χ0) is 8.97. The van der Waals surface area contributed by atoms with Crippen LogP contribution >= 0.6 is 0 Å². The van der Waals surface area contributed by atoms with E-state index >= 15 is 0 Å². The average molecular weight is 164 g/mol. The van der Waals surface area contributed by atoms with E-state index in [4.69, 9.17) is 5.02 Å². The topological polar surface area (TPSA) is 46.5 Å². The molecule has 0 spiro atoms. The normalized spacial score (nSPS) is 9.17. The standard InChI is InChI=1S/C8H9BO3/c1-12-8(10)6-4-2-3-5-7(6)9-11/h2-5,9,11H,1H3. The molecule has 1 rings (SSSR count). The molecule has 12 heavy (non-hydrogen) atoms. The first-order valence-corrected chi connectivity index (χ1v) is 3.56. The molecule has 0 fully saturated rings. The first-order chi connectivity index (χ1) is 5.79.